The number of nitrogens with zero attached hydrogens (tertiary/aromatic N) is 2. The number of piperidine rings is 1. The van der Waals surface area contributed by atoms with Gasteiger partial charge in [-0.2, -0.15) is 0 Å². The second-order valence-corrected chi connectivity index (χ2v) is 11.2. The Balaban J connectivity index is 1.20. The van der Waals surface area contributed by atoms with Gasteiger partial charge in [-0.1, -0.05) is 39.0 Å². The van der Waals surface area contributed by atoms with Gasteiger partial charge in [-0.3, -0.25) is 9.78 Å². The van der Waals surface area contributed by atoms with Crippen LogP contribution in [-0.2, 0) is 11.2 Å². The molecule has 1 spiro atoms. The second-order valence-electron chi connectivity index (χ2n) is 11.2. The molecule has 2 aromatic carbocycles. The van der Waals surface area contributed by atoms with E-state index in [1.807, 2.05) is 30.3 Å². The monoisotopic (exact) mass is 499 g/mol. The summed E-state index contributed by atoms with van der Waals surface area (Å²) in [5.74, 6) is 0.748. The second kappa shape index (κ2) is 9.88. The minimum Gasteiger partial charge on any atom is -0.487 e. The van der Waals surface area contributed by atoms with Gasteiger partial charge in [0.2, 0.25) is 0 Å². The van der Waals surface area contributed by atoms with Gasteiger partial charge in [0, 0.05) is 44.1 Å². The zero-order valence-corrected chi connectivity index (χ0v) is 21.6. The van der Waals surface area contributed by atoms with Gasteiger partial charge in [0.15, 0.2) is 0 Å². The van der Waals surface area contributed by atoms with Gasteiger partial charge < -0.3 is 19.7 Å². The number of aromatic nitrogens is 1. The number of likely N-dealkylation sites (tertiary alicyclic amines) is 1. The molecule has 2 aliphatic rings. The Hall–Kier alpha value is -3.87. The first-order valence-corrected chi connectivity index (χ1v) is 12.8. The molecule has 1 saturated heterocycles. The first-order valence-electron chi connectivity index (χ1n) is 12.8. The fraction of sp³-hybridized carbons (Fsp3) is 0.367. The number of carbonyl (C=O) groups is 2. The molecule has 7 nitrogen and oxygen atoms in total. The lowest BCUT2D eigenvalue weighted by molar-refractivity contribution is 0.00956. The minimum absolute atomic E-state index is 0.0484. The maximum atomic E-state index is 12.5. The molecule has 0 aliphatic carbocycles. The number of amides is 2. The predicted molar refractivity (Wildman–Crippen MR) is 143 cm³/mol. The van der Waals surface area contributed by atoms with Crippen molar-refractivity contribution in [2.45, 2.75) is 45.6 Å². The fourth-order valence-corrected chi connectivity index (χ4v) is 4.81. The van der Waals surface area contributed by atoms with Crippen LogP contribution in [0.5, 0.6) is 5.75 Å². The SMILES string of the molecule is CC(C)(C)COC(=O)N1CCC2(CC1)Cc1cc(-c3ccc(C(=O)Nc4cccnc4)cc3)ccc1O2. The van der Waals surface area contributed by atoms with E-state index in [0.717, 1.165) is 36.1 Å². The Morgan fingerprint density at radius 3 is 2.46 bits per heavy atom. The zero-order valence-electron chi connectivity index (χ0n) is 21.6. The lowest BCUT2D eigenvalue weighted by Crippen LogP contribution is -2.49. The molecule has 0 bridgehead atoms. The maximum Gasteiger partial charge on any atom is 0.409 e. The molecule has 5 rings (SSSR count). The summed E-state index contributed by atoms with van der Waals surface area (Å²) in [7, 11) is 0. The van der Waals surface area contributed by atoms with E-state index < -0.39 is 0 Å². The highest BCUT2D eigenvalue weighted by atomic mass is 16.6. The average Bonchev–Trinajstić information content (AvgIpc) is 3.24. The van der Waals surface area contributed by atoms with Crippen molar-refractivity contribution >= 4 is 17.7 Å². The lowest BCUT2D eigenvalue weighted by Gasteiger charge is -2.38. The molecule has 1 N–H and O–H groups in total. The van der Waals surface area contributed by atoms with E-state index >= 15 is 0 Å². The van der Waals surface area contributed by atoms with Crippen molar-refractivity contribution in [3.05, 3.63) is 78.1 Å². The highest BCUT2D eigenvalue weighted by Gasteiger charge is 2.43. The molecule has 37 heavy (non-hydrogen) atoms. The first kappa shape index (κ1) is 24.8. The smallest absolute Gasteiger partial charge is 0.409 e. The van der Waals surface area contributed by atoms with Crippen molar-refractivity contribution in [1.29, 1.82) is 0 Å². The van der Waals surface area contributed by atoms with Crippen LogP contribution in [0.1, 0.15) is 49.5 Å². The summed E-state index contributed by atoms with van der Waals surface area (Å²) in [5.41, 5.74) is 4.24. The molecule has 0 unspecified atom stereocenters. The molecule has 1 fully saturated rings. The number of hydrogen-bond acceptors (Lipinski definition) is 5. The van der Waals surface area contributed by atoms with Gasteiger partial charge in [-0.25, -0.2) is 4.79 Å². The maximum absolute atomic E-state index is 12.5. The number of nitrogens with one attached hydrogen (secondary N) is 1. The molecule has 0 saturated carbocycles. The van der Waals surface area contributed by atoms with Crippen molar-refractivity contribution < 1.29 is 19.1 Å². The molecule has 3 aromatic rings. The summed E-state index contributed by atoms with van der Waals surface area (Å²) in [6.45, 7) is 7.84. The molecule has 0 radical (unpaired) electrons. The number of pyridine rings is 1. The van der Waals surface area contributed by atoms with Crippen molar-refractivity contribution in [3.63, 3.8) is 0 Å². The quantitative estimate of drug-likeness (QED) is 0.480. The zero-order chi connectivity index (χ0) is 26.0. The number of benzene rings is 2. The summed E-state index contributed by atoms with van der Waals surface area (Å²) in [4.78, 5) is 30.8. The Labute approximate surface area is 217 Å². The van der Waals surface area contributed by atoms with Crippen LogP contribution in [0.25, 0.3) is 11.1 Å². The fourth-order valence-electron chi connectivity index (χ4n) is 4.81. The van der Waals surface area contributed by atoms with E-state index in [1.165, 1.54) is 5.56 Å². The van der Waals surface area contributed by atoms with E-state index in [1.54, 1.807) is 29.4 Å². The normalized spacial score (nSPS) is 16.1. The van der Waals surface area contributed by atoms with Crippen LogP contribution in [0.2, 0.25) is 0 Å². The Bertz CT molecular complexity index is 1270. The summed E-state index contributed by atoms with van der Waals surface area (Å²) >= 11 is 0. The van der Waals surface area contributed by atoms with Gasteiger partial charge in [0.05, 0.1) is 18.5 Å². The highest BCUT2D eigenvalue weighted by Crippen LogP contribution is 2.42. The van der Waals surface area contributed by atoms with Crippen LogP contribution < -0.4 is 10.1 Å². The van der Waals surface area contributed by atoms with Gasteiger partial charge in [-0.15, -0.1) is 0 Å². The predicted octanol–water partition coefficient (Wildman–Crippen LogP) is 5.95. The van der Waals surface area contributed by atoms with Gasteiger partial charge >= 0.3 is 6.09 Å². The third-order valence-electron chi connectivity index (χ3n) is 6.86. The molecule has 7 heteroatoms. The van der Waals surface area contributed by atoms with Gasteiger partial charge in [-0.05, 0) is 58.5 Å². The molecule has 1 aromatic heterocycles. The van der Waals surface area contributed by atoms with E-state index in [-0.39, 0.29) is 23.0 Å². The number of hydrogen-bond donors (Lipinski definition) is 1. The third kappa shape index (κ3) is 5.77. The number of fused-ring (bicyclic) bond motifs is 1. The van der Waals surface area contributed by atoms with Crippen molar-refractivity contribution in [2.75, 3.05) is 25.0 Å². The molecule has 3 heterocycles. The van der Waals surface area contributed by atoms with Gasteiger partial charge in [0.25, 0.3) is 5.91 Å². The lowest BCUT2D eigenvalue weighted by atomic mass is 9.86. The van der Waals surface area contributed by atoms with Crippen LogP contribution >= 0.6 is 0 Å². The van der Waals surface area contributed by atoms with Crippen molar-refractivity contribution in [1.82, 2.24) is 9.88 Å². The summed E-state index contributed by atoms with van der Waals surface area (Å²) < 4.78 is 11.9. The highest BCUT2D eigenvalue weighted by molar-refractivity contribution is 6.04. The van der Waals surface area contributed by atoms with Gasteiger partial charge in [0.1, 0.15) is 11.4 Å². The largest absolute Gasteiger partial charge is 0.487 e. The minimum atomic E-state index is -0.268. The van der Waals surface area contributed by atoms with Crippen molar-refractivity contribution in [2.24, 2.45) is 5.41 Å². The number of rotatable bonds is 4. The molecular weight excluding hydrogens is 466 g/mol. The summed E-state index contributed by atoms with van der Waals surface area (Å²) in [6.07, 6.45) is 5.44. The number of ether oxygens (including phenoxy) is 2. The van der Waals surface area contributed by atoms with E-state index in [9.17, 15) is 9.59 Å². The van der Waals surface area contributed by atoms with E-state index in [4.69, 9.17) is 9.47 Å². The Kier molecular flexibility index (Phi) is 6.63. The van der Waals surface area contributed by atoms with Crippen LogP contribution in [0.4, 0.5) is 10.5 Å². The number of anilines is 1. The standard InChI is InChI=1S/C30H33N3O4/c1-29(2,3)20-36-28(35)33-15-12-30(13-16-33)18-24-17-23(10-11-26(24)37-30)21-6-8-22(9-7-21)27(34)32-25-5-4-14-31-19-25/h4-11,14,17,19H,12-13,15-16,18,20H2,1-3H3,(H,32,34). The Morgan fingerprint density at radius 2 is 1.78 bits per heavy atom. The van der Waals surface area contributed by atoms with Crippen LogP contribution in [0.3, 0.4) is 0 Å². The molecule has 2 aliphatic heterocycles. The summed E-state index contributed by atoms with van der Waals surface area (Å²) in [5, 5.41) is 2.86. The van der Waals surface area contributed by atoms with Crippen LogP contribution in [0, 0.1) is 5.41 Å². The molecule has 2 amide bonds. The molecular formula is C30H33N3O4. The van der Waals surface area contributed by atoms with Crippen molar-refractivity contribution in [3.8, 4) is 16.9 Å². The van der Waals surface area contributed by atoms with E-state index in [0.29, 0.717) is 30.9 Å². The summed E-state index contributed by atoms with van der Waals surface area (Å²) in [6, 6.07) is 17.5. The average molecular weight is 500 g/mol. The number of carbonyl (C=O) groups excluding carboxylic acids is 2. The van der Waals surface area contributed by atoms with Crippen LogP contribution in [0.15, 0.2) is 67.0 Å². The molecule has 192 valence electrons. The first-order chi connectivity index (χ1) is 17.7. The third-order valence-corrected chi connectivity index (χ3v) is 6.86. The molecule has 0 atom stereocenters. The van der Waals surface area contributed by atoms with E-state index in [2.05, 4.69) is 43.2 Å². The topological polar surface area (TPSA) is 80.8 Å². The Morgan fingerprint density at radius 1 is 1.05 bits per heavy atom. The van der Waals surface area contributed by atoms with Crippen LogP contribution in [-0.4, -0.2) is 47.2 Å².